The second kappa shape index (κ2) is 19.7. The van der Waals surface area contributed by atoms with Crippen molar-refractivity contribution in [2.75, 3.05) is 24.7 Å². The van der Waals surface area contributed by atoms with Gasteiger partial charge in [-0.2, -0.15) is 0 Å². The lowest BCUT2D eigenvalue weighted by molar-refractivity contribution is -0.139. The molecule has 0 aliphatic rings. The van der Waals surface area contributed by atoms with Gasteiger partial charge in [0.2, 0.25) is 0 Å². The lowest BCUT2D eigenvalue weighted by atomic mass is 10.1. The van der Waals surface area contributed by atoms with E-state index in [0.29, 0.717) is 36.5 Å². The number of benzene rings is 3. The second-order valence-electron chi connectivity index (χ2n) is 11.8. The fourth-order valence-electron chi connectivity index (χ4n) is 4.79. The Labute approximate surface area is 285 Å². The van der Waals surface area contributed by atoms with Gasteiger partial charge < -0.3 is 19.1 Å². The molecule has 0 aliphatic heterocycles. The number of aryl methyl sites for hydroxylation is 3. The molecule has 254 valence electrons. The number of hydrogen-bond acceptors (Lipinski definition) is 7. The number of carbonyl (C=O) groups excluding carboxylic acids is 3. The van der Waals surface area contributed by atoms with E-state index in [1.165, 1.54) is 11.1 Å². The number of esters is 3. The average Bonchev–Trinajstić information content (AvgIpc) is 3.11. The lowest BCUT2D eigenvalue weighted by Crippen LogP contribution is -2.11. The summed E-state index contributed by atoms with van der Waals surface area (Å²) in [4.78, 5) is 37.7. The maximum absolute atomic E-state index is 11.9. The van der Waals surface area contributed by atoms with Gasteiger partial charge in [0.25, 0.3) is 0 Å². The fourth-order valence-corrected chi connectivity index (χ4v) is 4.79. The number of nitrogens with zero attached hydrogens (tertiary/aromatic N) is 1. The molecule has 3 rings (SSSR count). The summed E-state index contributed by atoms with van der Waals surface area (Å²) in [6.45, 7) is 13.5. The molecule has 3 aromatic carbocycles. The zero-order valence-electron chi connectivity index (χ0n) is 29.1. The van der Waals surface area contributed by atoms with E-state index >= 15 is 0 Å². The predicted molar refractivity (Wildman–Crippen MR) is 193 cm³/mol. The van der Waals surface area contributed by atoms with Crippen LogP contribution in [0.3, 0.4) is 0 Å². The minimum atomic E-state index is -0.358. The highest BCUT2D eigenvalue weighted by Crippen LogP contribution is 2.35. The van der Waals surface area contributed by atoms with E-state index in [0.717, 1.165) is 61.2 Å². The molecule has 7 heteroatoms. The van der Waals surface area contributed by atoms with E-state index < -0.39 is 0 Å². The number of allylic oxidation sites excluding steroid dienone is 2. The molecular formula is C41H49NO6. The Kier molecular flexibility index (Phi) is 15.4. The number of ether oxygens (including phenoxy) is 3. The molecule has 0 spiro atoms. The van der Waals surface area contributed by atoms with Crippen molar-refractivity contribution in [2.24, 2.45) is 0 Å². The summed E-state index contributed by atoms with van der Waals surface area (Å²) in [5.41, 5.74) is 8.19. The van der Waals surface area contributed by atoms with Gasteiger partial charge in [-0.25, -0.2) is 14.4 Å². The van der Waals surface area contributed by atoms with Gasteiger partial charge in [0, 0.05) is 33.8 Å². The maximum Gasteiger partial charge on any atom is 0.333 e. The molecule has 0 atom stereocenters. The molecule has 3 aromatic rings. The van der Waals surface area contributed by atoms with Crippen LogP contribution in [-0.2, 0) is 47.9 Å². The number of anilines is 3. The van der Waals surface area contributed by atoms with E-state index in [1.54, 1.807) is 32.9 Å². The first-order chi connectivity index (χ1) is 23.1. The standard InChI is InChI=1S/C41H49NO6/c1-7-31(5)40(44)47-28-10-13-34-17-23-37(24-18-34)42(36-21-15-33(16-22-36)12-9-27-46-39(43)30(3)4)38-25-19-35(20-26-38)14-11-29-48-41(45)32(6)8-2/h7-8,15-26H,3,9-14,27-29H2,1-2,4-6H3. The molecule has 0 aliphatic carbocycles. The van der Waals surface area contributed by atoms with Crippen LogP contribution in [0, 0.1) is 0 Å². The summed E-state index contributed by atoms with van der Waals surface area (Å²) in [7, 11) is 0. The molecule has 48 heavy (non-hydrogen) atoms. The van der Waals surface area contributed by atoms with Gasteiger partial charge >= 0.3 is 17.9 Å². The zero-order valence-corrected chi connectivity index (χ0v) is 29.1. The van der Waals surface area contributed by atoms with E-state index in [9.17, 15) is 14.4 Å². The van der Waals surface area contributed by atoms with Gasteiger partial charge in [0.1, 0.15) is 0 Å². The first kappa shape index (κ1) is 37.5. The third-order valence-corrected chi connectivity index (χ3v) is 7.97. The molecular weight excluding hydrogens is 602 g/mol. The smallest absolute Gasteiger partial charge is 0.333 e. The average molecular weight is 652 g/mol. The summed E-state index contributed by atoms with van der Waals surface area (Å²) >= 11 is 0. The van der Waals surface area contributed by atoms with Crippen LogP contribution < -0.4 is 4.90 Å². The van der Waals surface area contributed by atoms with Crippen molar-refractivity contribution in [2.45, 2.75) is 73.1 Å². The van der Waals surface area contributed by atoms with Crippen molar-refractivity contribution in [1.29, 1.82) is 0 Å². The van der Waals surface area contributed by atoms with Gasteiger partial charge in [0.05, 0.1) is 19.8 Å². The van der Waals surface area contributed by atoms with Crippen molar-refractivity contribution in [3.8, 4) is 0 Å². The van der Waals surface area contributed by atoms with Crippen molar-refractivity contribution in [1.82, 2.24) is 0 Å². The predicted octanol–water partition coefficient (Wildman–Crippen LogP) is 9.09. The minimum absolute atomic E-state index is 0.269. The molecule has 0 saturated heterocycles. The zero-order chi connectivity index (χ0) is 34.9. The minimum Gasteiger partial charge on any atom is -0.462 e. The summed E-state index contributed by atoms with van der Waals surface area (Å²) in [5.74, 6) is -0.895. The highest BCUT2D eigenvalue weighted by molar-refractivity contribution is 5.88. The quantitative estimate of drug-likeness (QED) is 0.0587. The number of hydrogen-bond donors (Lipinski definition) is 0. The van der Waals surface area contributed by atoms with Gasteiger partial charge in [0.15, 0.2) is 0 Å². The van der Waals surface area contributed by atoms with E-state index in [-0.39, 0.29) is 17.9 Å². The van der Waals surface area contributed by atoms with Crippen molar-refractivity contribution >= 4 is 35.0 Å². The van der Waals surface area contributed by atoms with Crippen LogP contribution in [0.5, 0.6) is 0 Å². The Morgan fingerprint density at radius 2 is 0.833 bits per heavy atom. The molecule has 0 saturated carbocycles. The summed E-state index contributed by atoms with van der Waals surface area (Å²) in [6.07, 6.45) is 8.13. The Bertz CT molecular complexity index is 1490. The van der Waals surface area contributed by atoms with Crippen molar-refractivity contribution in [3.63, 3.8) is 0 Å². The van der Waals surface area contributed by atoms with Gasteiger partial charge in [-0.15, -0.1) is 0 Å². The first-order valence-electron chi connectivity index (χ1n) is 16.6. The lowest BCUT2D eigenvalue weighted by Gasteiger charge is -2.26. The third-order valence-electron chi connectivity index (χ3n) is 7.97. The van der Waals surface area contributed by atoms with Crippen LogP contribution in [0.15, 0.2) is 108 Å². The molecule has 0 heterocycles. The second-order valence-corrected chi connectivity index (χ2v) is 11.8. The van der Waals surface area contributed by atoms with Gasteiger partial charge in [-0.1, -0.05) is 55.1 Å². The Hall–Kier alpha value is -4.91. The molecule has 0 radical (unpaired) electrons. The molecule has 0 N–H and O–H groups in total. The molecule has 0 bridgehead atoms. The van der Waals surface area contributed by atoms with Crippen LogP contribution in [0.1, 0.15) is 70.6 Å². The van der Waals surface area contributed by atoms with Crippen LogP contribution in [0.2, 0.25) is 0 Å². The summed E-state index contributed by atoms with van der Waals surface area (Å²) < 4.78 is 15.9. The molecule has 7 nitrogen and oxygen atoms in total. The first-order valence-corrected chi connectivity index (χ1v) is 16.6. The van der Waals surface area contributed by atoms with Crippen LogP contribution >= 0.6 is 0 Å². The fraction of sp³-hybridized carbons (Fsp3) is 0.341. The normalized spacial score (nSPS) is 11.5. The molecule has 0 amide bonds. The van der Waals surface area contributed by atoms with E-state index in [1.807, 2.05) is 13.8 Å². The highest BCUT2D eigenvalue weighted by atomic mass is 16.5. The topological polar surface area (TPSA) is 82.1 Å². The van der Waals surface area contributed by atoms with Gasteiger partial charge in [-0.05, 0) is 126 Å². The summed E-state index contributed by atoms with van der Waals surface area (Å²) in [6, 6.07) is 25.4. The van der Waals surface area contributed by atoms with E-state index in [4.69, 9.17) is 14.2 Å². The van der Waals surface area contributed by atoms with Crippen LogP contribution in [0.4, 0.5) is 17.1 Å². The maximum atomic E-state index is 11.9. The number of carbonyl (C=O) groups is 3. The Morgan fingerprint density at radius 1 is 0.542 bits per heavy atom. The van der Waals surface area contributed by atoms with Crippen molar-refractivity contribution < 1.29 is 28.6 Å². The summed E-state index contributed by atoms with van der Waals surface area (Å²) in [5, 5.41) is 0. The van der Waals surface area contributed by atoms with Crippen LogP contribution in [-0.4, -0.2) is 37.7 Å². The SMILES string of the molecule is C=C(C)C(=O)OCCCc1ccc(N(c2ccc(CCCOC(=O)C(C)=CC)cc2)c2ccc(CCCOC(=O)C(C)=CC)cc2)cc1. The number of rotatable bonds is 18. The largest absolute Gasteiger partial charge is 0.462 e. The molecule has 0 unspecified atom stereocenters. The van der Waals surface area contributed by atoms with Gasteiger partial charge in [-0.3, -0.25) is 0 Å². The van der Waals surface area contributed by atoms with E-state index in [2.05, 4.69) is 84.3 Å². The Balaban J connectivity index is 1.71. The van der Waals surface area contributed by atoms with Crippen molar-refractivity contribution in [3.05, 3.63) is 125 Å². The Morgan fingerprint density at radius 3 is 1.10 bits per heavy atom. The molecule has 0 fully saturated rings. The highest BCUT2D eigenvalue weighted by Gasteiger charge is 2.14. The molecule has 0 aromatic heterocycles. The monoisotopic (exact) mass is 651 g/mol. The van der Waals surface area contributed by atoms with Crippen LogP contribution in [0.25, 0.3) is 0 Å². The third kappa shape index (κ3) is 12.0.